The molecule has 0 spiro atoms. The average molecular weight is 265 g/mol. The van der Waals surface area contributed by atoms with Crippen LogP contribution in [0.5, 0.6) is 0 Å². The zero-order chi connectivity index (χ0) is 14.1. The third kappa shape index (κ3) is 2.23. The number of fused-ring (bicyclic) bond motifs is 1. The molecule has 0 unspecified atom stereocenters. The Labute approximate surface area is 117 Å². The highest BCUT2D eigenvalue weighted by Gasteiger charge is 2.15. The second-order valence-corrected chi connectivity index (χ2v) is 5.12. The van der Waals surface area contributed by atoms with Crippen molar-refractivity contribution in [1.82, 2.24) is 0 Å². The van der Waals surface area contributed by atoms with Crippen LogP contribution in [0.1, 0.15) is 28.7 Å². The first-order valence-electron chi connectivity index (χ1n) is 6.70. The van der Waals surface area contributed by atoms with Crippen LogP contribution in [0.4, 0.5) is 5.69 Å². The number of hydrogen-bond acceptors (Lipinski definition) is 2. The van der Waals surface area contributed by atoms with Crippen molar-refractivity contribution in [2.75, 3.05) is 0 Å². The number of nitrogens with zero attached hydrogens (tertiary/aromatic N) is 1. The summed E-state index contributed by atoms with van der Waals surface area (Å²) in [6, 6.07) is 13.3. The van der Waals surface area contributed by atoms with Gasteiger partial charge in [0.2, 0.25) is 0 Å². The first-order valence-corrected chi connectivity index (χ1v) is 6.70. The summed E-state index contributed by atoms with van der Waals surface area (Å²) in [6.45, 7) is 2.10. The van der Waals surface area contributed by atoms with Gasteiger partial charge in [-0.15, -0.1) is 0 Å². The molecular formula is C17H15NO2. The van der Waals surface area contributed by atoms with Crippen molar-refractivity contribution in [3.63, 3.8) is 0 Å². The lowest BCUT2D eigenvalue weighted by Crippen LogP contribution is -2.01. The van der Waals surface area contributed by atoms with Crippen LogP contribution in [0.2, 0.25) is 0 Å². The normalized spacial score (nSPS) is 13.6. The Morgan fingerprint density at radius 3 is 2.55 bits per heavy atom. The van der Waals surface area contributed by atoms with Gasteiger partial charge in [0.25, 0.3) is 5.69 Å². The first-order chi connectivity index (χ1) is 9.65. The summed E-state index contributed by atoms with van der Waals surface area (Å²) in [4.78, 5) is 10.4. The Hall–Kier alpha value is -2.42. The monoisotopic (exact) mass is 265 g/mol. The molecule has 0 aliphatic heterocycles. The van der Waals surface area contributed by atoms with E-state index in [1.54, 1.807) is 12.1 Å². The molecule has 0 heterocycles. The van der Waals surface area contributed by atoms with Gasteiger partial charge >= 0.3 is 0 Å². The van der Waals surface area contributed by atoms with Crippen molar-refractivity contribution in [2.45, 2.75) is 19.8 Å². The summed E-state index contributed by atoms with van der Waals surface area (Å²) in [5, 5.41) is 10.7. The molecule has 2 aromatic carbocycles. The van der Waals surface area contributed by atoms with E-state index in [4.69, 9.17) is 0 Å². The molecule has 0 saturated carbocycles. The van der Waals surface area contributed by atoms with E-state index >= 15 is 0 Å². The Morgan fingerprint density at radius 1 is 1.10 bits per heavy atom. The molecule has 0 atom stereocenters. The number of benzene rings is 2. The zero-order valence-electron chi connectivity index (χ0n) is 11.3. The molecule has 100 valence electrons. The summed E-state index contributed by atoms with van der Waals surface area (Å²) in [7, 11) is 0. The molecule has 0 fully saturated rings. The maximum Gasteiger partial charge on any atom is 0.269 e. The second-order valence-electron chi connectivity index (χ2n) is 5.12. The van der Waals surface area contributed by atoms with Crippen LogP contribution in [0.25, 0.3) is 5.57 Å². The maximum atomic E-state index is 10.7. The Bertz CT molecular complexity index is 699. The van der Waals surface area contributed by atoms with Gasteiger partial charge in [-0.25, -0.2) is 0 Å². The van der Waals surface area contributed by atoms with E-state index in [1.807, 2.05) is 12.1 Å². The fourth-order valence-corrected chi connectivity index (χ4v) is 2.71. The quantitative estimate of drug-likeness (QED) is 0.600. The number of hydrogen-bond donors (Lipinski definition) is 0. The summed E-state index contributed by atoms with van der Waals surface area (Å²) in [5.74, 6) is 0. The lowest BCUT2D eigenvalue weighted by molar-refractivity contribution is -0.384. The number of allylic oxidation sites excluding steroid dienone is 1. The van der Waals surface area contributed by atoms with Crippen molar-refractivity contribution in [3.05, 3.63) is 80.9 Å². The van der Waals surface area contributed by atoms with Crippen molar-refractivity contribution in [2.24, 2.45) is 0 Å². The van der Waals surface area contributed by atoms with Gasteiger partial charge in [0.05, 0.1) is 4.92 Å². The van der Waals surface area contributed by atoms with Gasteiger partial charge in [-0.2, -0.15) is 0 Å². The van der Waals surface area contributed by atoms with Crippen molar-refractivity contribution >= 4 is 11.3 Å². The molecule has 3 nitrogen and oxygen atoms in total. The topological polar surface area (TPSA) is 43.1 Å². The largest absolute Gasteiger partial charge is 0.269 e. The standard InChI is InChI=1S/C17H15NO2/c1-12-5-10-17-14(11-12)3-2-4-16(17)13-6-8-15(9-7-13)18(19)20/h4-11H,2-3H2,1H3. The van der Waals surface area contributed by atoms with Gasteiger partial charge in [0.1, 0.15) is 0 Å². The minimum absolute atomic E-state index is 0.134. The zero-order valence-corrected chi connectivity index (χ0v) is 11.3. The molecule has 0 radical (unpaired) electrons. The van der Waals surface area contributed by atoms with E-state index in [9.17, 15) is 10.1 Å². The van der Waals surface area contributed by atoms with Crippen LogP contribution >= 0.6 is 0 Å². The van der Waals surface area contributed by atoms with E-state index in [-0.39, 0.29) is 10.6 Å². The molecule has 3 heteroatoms. The van der Waals surface area contributed by atoms with Gasteiger partial charge in [-0.3, -0.25) is 10.1 Å². The second kappa shape index (κ2) is 4.93. The van der Waals surface area contributed by atoms with E-state index in [0.717, 1.165) is 18.4 Å². The van der Waals surface area contributed by atoms with Gasteiger partial charge in [0, 0.05) is 12.1 Å². The number of nitro benzene ring substituents is 1. The van der Waals surface area contributed by atoms with Crippen LogP contribution in [-0.4, -0.2) is 4.92 Å². The van der Waals surface area contributed by atoms with Crippen LogP contribution in [0, 0.1) is 17.0 Å². The smallest absolute Gasteiger partial charge is 0.258 e. The lowest BCUT2D eigenvalue weighted by atomic mass is 9.86. The highest BCUT2D eigenvalue weighted by Crippen LogP contribution is 2.32. The molecule has 20 heavy (non-hydrogen) atoms. The van der Waals surface area contributed by atoms with Crippen molar-refractivity contribution in [3.8, 4) is 0 Å². The predicted molar refractivity (Wildman–Crippen MR) is 79.7 cm³/mol. The van der Waals surface area contributed by atoms with Gasteiger partial charge in [0.15, 0.2) is 0 Å². The fourth-order valence-electron chi connectivity index (χ4n) is 2.71. The SMILES string of the molecule is Cc1ccc2c(c1)CCC=C2c1ccc([N+](=O)[O-])cc1. The van der Waals surface area contributed by atoms with E-state index in [1.165, 1.54) is 22.3 Å². The van der Waals surface area contributed by atoms with Crippen molar-refractivity contribution in [1.29, 1.82) is 0 Å². The van der Waals surface area contributed by atoms with E-state index in [2.05, 4.69) is 31.2 Å². The molecule has 0 amide bonds. The van der Waals surface area contributed by atoms with Gasteiger partial charge in [-0.05, 0) is 54.2 Å². The highest BCUT2D eigenvalue weighted by atomic mass is 16.6. The summed E-state index contributed by atoms with van der Waals surface area (Å²) in [5.41, 5.74) is 6.24. The third-order valence-electron chi connectivity index (χ3n) is 3.70. The number of rotatable bonds is 2. The fraction of sp³-hybridized carbons (Fsp3) is 0.176. The Morgan fingerprint density at radius 2 is 1.85 bits per heavy atom. The van der Waals surface area contributed by atoms with Crippen LogP contribution < -0.4 is 0 Å². The lowest BCUT2D eigenvalue weighted by Gasteiger charge is -2.18. The molecule has 0 bridgehead atoms. The minimum atomic E-state index is -0.365. The maximum absolute atomic E-state index is 10.7. The van der Waals surface area contributed by atoms with Crippen molar-refractivity contribution < 1.29 is 4.92 Å². The number of nitro groups is 1. The van der Waals surface area contributed by atoms with Gasteiger partial charge in [-0.1, -0.05) is 29.8 Å². The Kier molecular flexibility index (Phi) is 3.11. The number of non-ortho nitro benzene ring substituents is 1. The molecule has 3 rings (SSSR count). The van der Waals surface area contributed by atoms with Crippen LogP contribution in [-0.2, 0) is 6.42 Å². The minimum Gasteiger partial charge on any atom is -0.258 e. The van der Waals surface area contributed by atoms with Gasteiger partial charge < -0.3 is 0 Å². The van der Waals surface area contributed by atoms with E-state index < -0.39 is 0 Å². The number of aryl methyl sites for hydroxylation is 2. The molecule has 0 aromatic heterocycles. The van der Waals surface area contributed by atoms with Crippen LogP contribution in [0.3, 0.4) is 0 Å². The molecule has 1 aliphatic carbocycles. The molecule has 1 aliphatic rings. The molecular weight excluding hydrogens is 250 g/mol. The summed E-state index contributed by atoms with van der Waals surface area (Å²) >= 11 is 0. The molecule has 0 N–H and O–H groups in total. The van der Waals surface area contributed by atoms with E-state index in [0.29, 0.717) is 0 Å². The Balaban J connectivity index is 2.03. The van der Waals surface area contributed by atoms with Crippen LogP contribution in [0.15, 0.2) is 48.5 Å². The first kappa shape index (κ1) is 12.6. The third-order valence-corrected chi connectivity index (χ3v) is 3.70. The summed E-state index contributed by atoms with van der Waals surface area (Å²) < 4.78 is 0. The molecule has 0 saturated heterocycles. The highest BCUT2D eigenvalue weighted by molar-refractivity contribution is 5.83. The molecule has 2 aromatic rings. The summed E-state index contributed by atoms with van der Waals surface area (Å²) in [6.07, 6.45) is 4.30. The average Bonchev–Trinajstić information content (AvgIpc) is 2.46. The predicted octanol–water partition coefficient (Wildman–Crippen LogP) is 4.28.